The quantitative estimate of drug-likeness (QED) is 0.452. The van der Waals surface area contributed by atoms with Gasteiger partial charge in [0.2, 0.25) is 0 Å². The van der Waals surface area contributed by atoms with Gasteiger partial charge in [-0.3, -0.25) is 14.9 Å². The monoisotopic (exact) mass is 441 g/mol. The molecule has 164 valence electrons. The number of halogens is 3. The molecule has 0 spiro atoms. The molecule has 0 unspecified atom stereocenters. The summed E-state index contributed by atoms with van der Waals surface area (Å²) in [5.74, 6) is -1.38. The van der Waals surface area contributed by atoms with Crippen LogP contribution in [-0.2, 0) is 0 Å². The summed E-state index contributed by atoms with van der Waals surface area (Å²) >= 11 is 0. The zero-order valence-electron chi connectivity index (χ0n) is 16.7. The second-order valence-corrected chi connectivity index (χ2v) is 7.53. The molecule has 0 amide bonds. The first-order valence-corrected chi connectivity index (χ1v) is 10.1. The van der Waals surface area contributed by atoms with E-state index in [-0.39, 0.29) is 23.8 Å². The number of fused-ring (bicyclic) bond motifs is 1. The van der Waals surface area contributed by atoms with Gasteiger partial charge in [-0.2, -0.15) is 10.1 Å². The Hall–Kier alpha value is -3.66. The minimum absolute atomic E-state index is 0.116. The number of benzene rings is 2. The molecule has 0 bridgehead atoms. The number of hydrogen-bond donors (Lipinski definition) is 3. The van der Waals surface area contributed by atoms with Crippen LogP contribution in [0.15, 0.2) is 47.3 Å². The van der Waals surface area contributed by atoms with E-state index in [1.165, 1.54) is 24.3 Å². The maximum atomic E-state index is 14.3. The van der Waals surface area contributed by atoms with E-state index < -0.39 is 29.5 Å². The van der Waals surface area contributed by atoms with Gasteiger partial charge in [-0.1, -0.05) is 12.1 Å². The van der Waals surface area contributed by atoms with Crippen LogP contribution < -0.4 is 15.6 Å². The lowest BCUT2D eigenvalue weighted by Crippen LogP contribution is -2.44. The van der Waals surface area contributed by atoms with Gasteiger partial charge in [-0.15, -0.1) is 0 Å². The fourth-order valence-corrected chi connectivity index (χ4v) is 3.82. The topological polar surface area (TPSA) is 95.7 Å². The van der Waals surface area contributed by atoms with Crippen molar-refractivity contribution in [1.29, 1.82) is 0 Å². The lowest BCUT2D eigenvalue weighted by atomic mass is 10.0. The highest BCUT2D eigenvalue weighted by Gasteiger charge is 2.27. The van der Waals surface area contributed by atoms with E-state index in [1.807, 2.05) is 0 Å². The number of rotatable bonds is 4. The normalized spacial score (nSPS) is 18.7. The van der Waals surface area contributed by atoms with E-state index in [1.54, 1.807) is 18.2 Å². The Kier molecular flexibility index (Phi) is 5.14. The number of aromatic amines is 2. The van der Waals surface area contributed by atoms with Gasteiger partial charge in [0.25, 0.3) is 11.6 Å². The van der Waals surface area contributed by atoms with Gasteiger partial charge in [-0.25, -0.2) is 13.2 Å². The molecule has 1 saturated heterocycles. The summed E-state index contributed by atoms with van der Waals surface area (Å²) in [6, 6.07) is 9.55. The number of H-pyrrole nitrogens is 2. The molecule has 4 aromatic rings. The van der Waals surface area contributed by atoms with E-state index in [0.717, 1.165) is 0 Å². The molecule has 3 N–H and O–H groups in total. The molecular weight excluding hydrogens is 423 g/mol. The lowest BCUT2D eigenvalue weighted by molar-refractivity contribution is 0.0651. The molecule has 0 radical (unpaired) electrons. The molecule has 2 atom stereocenters. The van der Waals surface area contributed by atoms with Gasteiger partial charge in [-0.05, 0) is 42.8 Å². The van der Waals surface area contributed by atoms with Crippen molar-refractivity contribution in [1.82, 2.24) is 25.5 Å². The van der Waals surface area contributed by atoms with Crippen molar-refractivity contribution >= 4 is 10.9 Å². The number of ether oxygens (including phenoxy) is 1. The predicted octanol–water partition coefficient (Wildman–Crippen LogP) is 3.34. The molecule has 5 rings (SSSR count). The van der Waals surface area contributed by atoms with Crippen LogP contribution in [0.1, 0.15) is 6.42 Å². The summed E-state index contributed by atoms with van der Waals surface area (Å²) in [4.78, 5) is 19.0. The third kappa shape index (κ3) is 3.73. The molecular formula is C22H18F3N5O2. The SMILES string of the molecule is O=c1cc(-c2n[nH]c3ccc(-c4c(F)cccc4F)cc23)nc(O[C@H]2CCNC[C@H]2F)[nH]1. The van der Waals surface area contributed by atoms with Crippen LogP contribution in [0, 0.1) is 11.6 Å². The number of hydrogen-bond acceptors (Lipinski definition) is 5. The van der Waals surface area contributed by atoms with E-state index in [9.17, 15) is 18.0 Å². The van der Waals surface area contributed by atoms with E-state index >= 15 is 0 Å². The molecule has 0 saturated carbocycles. The van der Waals surface area contributed by atoms with Crippen molar-refractivity contribution in [3.8, 4) is 28.5 Å². The van der Waals surface area contributed by atoms with Crippen LogP contribution in [0.5, 0.6) is 6.01 Å². The van der Waals surface area contributed by atoms with E-state index in [4.69, 9.17) is 4.74 Å². The highest BCUT2D eigenvalue weighted by Crippen LogP contribution is 2.32. The first-order valence-electron chi connectivity index (χ1n) is 10.1. The highest BCUT2D eigenvalue weighted by molar-refractivity contribution is 5.95. The number of piperidine rings is 1. The van der Waals surface area contributed by atoms with Gasteiger partial charge in [0.05, 0.1) is 11.1 Å². The molecule has 7 nitrogen and oxygen atoms in total. The third-order valence-electron chi connectivity index (χ3n) is 5.39. The maximum Gasteiger partial charge on any atom is 0.297 e. The Labute approximate surface area is 179 Å². The summed E-state index contributed by atoms with van der Waals surface area (Å²) < 4.78 is 48.3. The van der Waals surface area contributed by atoms with Gasteiger partial charge in [0.1, 0.15) is 35.3 Å². The van der Waals surface area contributed by atoms with Crippen molar-refractivity contribution in [3.63, 3.8) is 0 Å². The van der Waals surface area contributed by atoms with Crippen molar-refractivity contribution in [2.75, 3.05) is 13.1 Å². The highest BCUT2D eigenvalue weighted by atomic mass is 19.1. The molecule has 1 aliphatic rings. The van der Waals surface area contributed by atoms with Crippen LogP contribution in [-0.4, -0.2) is 45.5 Å². The Morgan fingerprint density at radius 3 is 2.69 bits per heavy atom. The van der Waals surface area contributed by atoms with E-state index in [0.29, 0.717) is 35.1 Å². The smallest absolute Gasteiger partial charge is 0.297 e. The zero-order chi connectivity index (χ0) is 22.2. The predicted molar refractivity (Wildman–Crippen MR) is 112 cm³/mol. The second-order valence-electron chi connectivity index (χ2n) is 7.53. The molecule has 32 heavy (non-hydrogen) atoms. The molecule has 2 aromatic heterocycles. The van der Waals surface area contributed by atoms with Crippen LogP contribution in [0.3, 0.4) is 0 Å². The van der Waals surface area contributed by atoms with Crippen molar-refractivity contribution < 1.29 is 17.9 Å². The van der Waals surface area contributed by atoms with E-state index in [2.05, 4.69) is 25.5 Å². The standard InChI is InChI=1S/C22H18F3N5O2/c23-13-2-1-3-14(24)20(13)11-4-5-16-12(8-11)21(30-29-16)17-9-19(31)28-22(27-17)32-18-6-7-26-10-15(18)25/h1-5,8-9,15,18,26H,6-7,10H2,(H,29,30)(H,27,28,31)/t15-,18+/m1/s1. The molecule has 10 heteroatoms. The Balaban J connectivity index is 1.56. The van der Waals surface area contributed by atoms with Crippen molar-refractivity contribution in [3.05, 3.63) is 64.5 Å². The maximum absolute atomic E-state index is 14.3. The van der Waals surface area contributed by atoms with Crippen LogP contribution in [0.4, 0.5) is 13.2 Å². The van der Waals surface area contributed by atoms with Crippen molar-refractivity contribution in [2.45, 2.75) is 18.7 Å². The summed E-state index contributed by atoms with van der Waals surface area (Å²) in [7, 11) is 0. The summed E-state index contributed by atoms with van der Waals surface area (Å²) in [6.07, 6.45) is -1.54. The first-order chi connectivity index (χ1) is 15.5. The fourth-order valence-electron chi connectivity index (χ4n) is 3.82. The third-order valence-corrected chi connectivity index (χ3v) is 5.39. The van der Waals surface area contributed by atoms with Gasteiger partial charge >= 0.3 is 0 Å². The van der Waals surface area contributed by atoms with Crippen molar-refractivity contribution in [2.24, 2.45) is 0 Å². The Morgan fingerprint density at radius 2 is 1.91 bits per heavy atom. The summed E-state index contributed by atoms with van der Waals surface area (Å²) in [6.45, 7) is 0.752. The first kappa shape index (κ1) is 20.3. The lowest BCUT2D eigenvalue weighted by Gasteiger charge is -2.26. The van der Waals surface area contributed by atoms with Crippen LogP contribution in [0.2, 0.25) is 0 Å². The minimum atomic E-state index is -1.23. The molecule has 2 aromatic carbocycles. The summed E-state index contributed by atoms with van der Waals surface area (Å²) in [5, 5.41) is 10.5. The number of nitrogens with zero attached hydrogens (tertiary/aromatic N) is 2. The van der Waals surface area contributed by atoms with Crippen LogP contribution in [0.25, 0.3) is 33.4 Å². The molecule has 1 fully saturated rings. The largest absolute Gasteiger partial charge is 0.458 e. The number of aromatic nitrogens is 4. The Bertz CT molecular complexity index is 1330. The van der Waals surface area contributed by atoms with Gasteiger partial charge < -0.3 is 10.1 Å². The van der Waals surface area contributed by atoms with Gasteiger partial charge in [0.15, 0.2) is 0 Å². The minimum Gasteiger partial charge on any atom is -0.458 e. The second kappa shape index (κ2) is 8.12. The number of alkyl halides is 1. The van der Waals surface area contributed by atoms with Crippen LogP contribution >= 0.6 is 0 Å². The molecule has 0 aliphatic carbocycles. The Morgan fingerprint density at radius 1 is 1.09 bits per heavy atom. The average molecular weight is 441 g/mol. The average Bonchev–Trinajstić information content (AvgIpc) is 3.18. The molecule has 3 heterocycles. The zero-order valence-corrected chi connectivity index (χ0v) is 16.7. The van der Waals surface area contributed by atoms with Gasteiger partial charge in [0, 0.05) is 18.0 Å². The molecule has 1 aliphatic heterocycles. The number of nitrogens with one attached hydrogen (secondary N) is 3. The fraction of sp³-hybridized carbons (Fsp3) is 0.227. The summed E-state index contributed by atoms with van der Waals surface area (Å²) in [5.41, 5.74) is 0.729.